The Morgan fingerprint density at radius 3 is 3.00 bits per heavy atom. The average molecular weight is 251 g/mol. The van der Waals surface area contributed by atoms with Crippen LogP contribution in [0.1, 0.15) is 15.9 Å². The number of H-pyrrole nitrogens is 1. The van der Waals surface area contributed by atoms with Gasteiger partial charge in [-0.15, -0.1) is 0 Å². The van der Waals surface area contributed by atoms with E-state index in [0.717, 1.165) is 5.56 Å². The van der Waals surface area contributed by atoms with Crippen molar-refractivity contribution in [2.24, 2.45) is 0 Å². The first-order chi connectivity index (χ1) is 8.16. The Balaban J connectivity index is 2.01. The van der Waals surface area contributed by atoms with E-state index in [4.69, 9.17) is 17.3 Å². The number of hydrogen-bond donors (Lipinski definition) is 3. The second-order valence-electron chi connectivity index (χ2n) is 3.50. The number of rotatable bonds is 3. The number of nitrogen functional groups attached to an aromatic ring is 1. The summed E-state index contributed by atoms with van der Waals surface area (Å²) >= 11 is 5.80. The summed E-state index contributed by atoms with van der Waals surface area (Å²) in [7, 11) is 0. The Morgan fingerprint density at radius 2 is 2.35 bits per heavy atom. The minimum absolute atomic E-state index is 0.201. The van der Waals surface area contributed by atoms with Crippen LogP contribution in [0.4, 0.5) is 5.82 Å². The molecule has 0 fully saturated rings. The number of halogens is 1. The van der Waals surface area contributed by atoms with Gasteiger partial charge in [-0.25, -0.2) is 0 Å². The molecule has 0 bridgehead atoms. The molecule has 0 atom stereocenters. The van der Waals surface area contributed by atoms with Crippen LogP contribution in [0, 0.1) is 0 Å². The topological polar surface area (TPSA) is 83.8 Å². The van der Waals surface area contributed by atoms with Crippen molar-refractivity contribution in [2.75, 3.05) is 5.73 Å². The van der Waals surface area contributed by atoms with Gasteiger partial charge >= 0.3 is 0 Å². The van der Waals surface area contributed by atoms with Gasteiger partial charge in [-0.2, -0.15) is 5.10 Å². The number of hydrogen-bond acceptors (Lipinski definition) is 3. The fraction of sp³-hybridized carbons (Fsp3) is 0.0909. The molecular weight excluding hydrogens is 240 g/mol. The zero-order valence-electron chi connectivity index (χ0n) is 8.90. The maximum Gasteiger partial charge on any atom is 0.251 e. The van der Waals surface area contributed by atoms with Crippen LogP contribution in [0.25, 0.3) is 0 Å². The van der Waals surface area contributed by atoms with E-state index in [1.807, 2.05) is 0 Å². The molecule has 88 valence electrons. The minimum Gasteiger partial charge on any atom is -0.384 e. The summed E-state index contributed by atoms with van der Waals surface area (Å²) in [5.41, 5.74) is 6.86. The normalized spacial score (nSPS) is 10.2. The number of anilines is 1. The van der Waals surface area contributed by atoms with Crippen LogP contribution < -0.4 is 11.1 Å². The fourth-order valence-corrected chi connectivity index (χ4v) is 1.56. The molecule has 1 aromatic heterocycles. The zero-order valence-corrected chi connectivity index (χ0v) is 9.66. The van der Waals surface area contributed by atoms with E-state index in [1.54, 1.807) is 30.5 Å². The van der Waals surface area contributed by atoms with Crippen molar-refractivity contribution in [1.29, 1.82) is 0 Å². The SMILES string of the molecule is Nc1[nH]ncc1CNC(=O)c1cccc(Cl)c1. The van der Waals surface area contributed by atoms with Gasteiger partial charge in [0.05, 0.1) is 6.20 Å². The van der Waals surface area contributed by atoms with E-state index in [9.17, 15) is 4.79 Å². The number of aromatic nitrogens is 2. The summed E-state index contributed by atoms with van der Waals surface area (Å²) in [4.78, 5) is 11.8. The van der Waals surface area contributed by atoms with Crippen molar-refractivity contribution in [1.82, 2.24) is 15.5 Å². The molecular formula is C11H11ClN4O. The third-order valence-electron chi connectivity index (χ3n) is 2.28. The maximum absolute atomic E-state index is 11.8. The minimum atomic E-state index is -0.201. The van der Waals surface area contributed by atoms with Gasteiger partial charge in [0.15, 0.2) is 0 Å². The van der Waals surface area contributed by atoms with Crippen molar-refractivity contribution in [3.05, 3.63) is 46.6 Å². The monoisotopic (exact) mass is 250 g/mol. The lowest BCUT2D eigenvalue weighted by Crippen LogP contribution is -2.22. The molecule has 0 radical (unpaired) electrons. The number of nitrogens with zero attached hydrogens (tertiary/aromatic N) is 1. The largest absolute Gasteiger partial charge is 0.384 e. The first-order valence-corrected chi connectivity index (χ1v) is 5.36. The van der Waals surface area contributed by atoms with Crippen molar-refractivity contribution in [3.63, 3.8) is 0 Å². The molecule has 0 saturated heterocycles. The second-order valence-corrected chi connectivity index (χ2v) is 3.94. The standard InChI is InChI=1S/C11H11ClN4O/c12-9-3-1-2-7(4-9)11(17)14-5-8-6-15-16-10(8)13/h1-4,6H,5H2,(H,14,17)(H3,13,15,16). The number of amides is 1. The molecule has 2 aromatic rings. The van der Waals surface area contributed by atoms with Gasteiger partial charge < -0.3 is 11.1 Å². The molecule has 2 rings (SSSR count). The molecule has 0 spiro atoms. The number of carbonyl (C=O) groups excluding carboxylic acids is 1. The van der Waals surface area contributed by atoms with Gasteiger partial charge in [0, 0.05) is 22.7 Å². The van der Waals surface area contributed by atoms with E-state index in [2.05, 4.69) is 15.5 Å². The van der Waals surface area contributed by atoms with Crippen LogP contribution in [0.15, 0.2) is 30.5 Å². The molecule has 1 amide bonds. The molecule has 4 N–H and O–H groups in total. The highest BCUT2D eigenvalue weighted by Crippen LogP contribution is 2.11. The summed E-state index contributed by atoms with van der Waals surface area (Å²) in [5.74, 6) is 0.254. The first-order valence-electron chi connectivity index (χ1n) is 4.98. The Bertz CT molecular complexity index is 538. The van der Waals surface area contributed by atoms with Crippen LogP contribution in [0.5, 0.6) is 0 Å². The highest BCUT2D eigenvalue weighted by Gasteiger charge is 2.07. The summed E-state index contributed by atoms with van der Waals surface area (Å²) in [6.45, 7) is 0.327. The molecule has 6 heteroatoms. The number of benzene rings is 1. The number of carbonyl (C=O) groups is 1. The van der Waals surface area contributed by atoms with Crippen LogP contribution in [-0.2, 0) is 6.54 Å². The lowest BCUT2D eigenvalue weighted by Gasteiger charge is -2.04. The highest BCUT2D eigenvalue weighted by molar-refractivity contribution is 6.30. The quantitative estimate of drug-likeness (QED) is 0.773. The Labute approximate surface area is 103 Å². The van der Waals surface area contributed by atoms with Gasteiger partial charge in [-0.05, 0) is 18.2 Å². The van der Waals surface area contributed by atoms with Crippen LogP contribution in [0.2, 0.25) is 5.02 Å². The number of nitrogens with two attached hydrogens (primary N) is 1. The van der Waals surface area contributed by atoms with E-state index in [1.165, 1.54) is 0 Å². The van der Waals surface area contributed by atoms with E-state index >= 15 is 0 Å². The summed E-state index contributed by atoms with van der Waals surface area (Å²) in [6, 6.07) is 6.74. The lowest BCUT2D eigenvalue weighted by atomic mass is 10.2. The van der Waals surface area contributed by atoms with Crippen molar-refractivity contribution < 1.29 is 4.79 Å². The third kappa shape index (κ3) is 2.76. The van der Waals surface area contributed by atoms with Gasteiger partial charge in [0.2, 0.25) is 0 Å². The molecule has 0 aliphatic heterocycles. The van der Waals surface area contributed by atoms with E-state index < -0.39 is 0 Å². The van der Waals surface area contributed by atoms with Crippen molar-refractivity contribution >= 4 is 23.3 Å². The fourth-order valence-electron chi connectivity index (χ4n) is 1.37. The van der Waals surface area contributed by atoms with Gasteiger partial charge in [0.25, 0.3) is 5.91 Å². The van der Waals surface area contributed by atoms with Gasteiger partial charge in [0.1, 0.15) is 5.82 Å². The zero-order chi connectivity index (χ0) is 12.3. The molecule has 0 aliphatic carbocycles. The predicted molar refractivity (Wildman–Crippen MR) is 65.6 cm³/mol. The average Bonchev–Trinajstić information content (AvgIpc) is 2.72. The molecule has 0 saturated carbocycles. The van der Waals surface area contributed by atoms with Gasteiger partial charge in [-0.1, -0.05) is 17.7 Å². The Hall–Kier alpha value is -2.01. The Kier molecular flexibility index (Phi) is 3.30. The lowest BCUT2D eigenvalue weighted by molar-refractivity contribution is 0.0951. The number of nitrogens with one attached hydrogen (secondary N) is 2. The van der Waals surface area contributed by atoms with E-state index in [-0.39, 0.29) is 5.91 Å². The van der Waals surface area contributed by atoms with Crippen LogP contribution in [0.3, 0.4) is 0 Å². The molecule has 1 heterocycles. The third-order valence-corrected chi connectivity index (χ3v) is 2.51. The summed E-state index contributed by atoms with van der Waals surface area (Å²) in [6.07, 6.45) is 1.58. The number of aromatic amines is 1. The molecule has 0 aliphatic rings. The predicted octanol–water partition coefficient (Wildman–Crippen LogP) is 1.58. The molecule has 1 aromatic carbocycles. The first kappa shape index (κ1) is 11.5. The highest BCUT2D eigenvalue weighted by atomic mass is 35.5. The van der Waals surface area contributed by atoms with Crippen LogP contribution >= 0.6 is 11.6 Å². The summed E-state index contributed by atoms with van der Waals surface area (Å²) < 4.78 is 0. The molecule has 17 heavy (non-hydrogen) atoms. The van der Waals surface area contributed by atoms with E-state index in [0.29, 0.717) is 22.9 Å². The van der Waals surface area contributed by atoms with Crippen molar-refractivity contribution in [2.45, 2.75) is 6.54 Å². The maximum atomic E-state index is 11.8. The molecule has 0 unspecified atom stereocenters. The second kappa shape index (κ2) is 4.88. The Morgan fingerprint density at radius 1 is 1.53 bits per heavy atom. The molecule has 5 nitrogen and oxygen atoms in total. The smallest absolute Gasteiger partial charge is 0.251 e. The summed E-state index contributed by atoms with van der Waals surface area (Å²) in [5, 5.41) is 9.62. The van der Waals surface area contributed by atoms with Crippen molar-refractivity contribution in [3.8, 4) is 0 Å². The van der Waals surface area contributed by atoms with Crippen LogP contribution in [-0.4, -0.2) is 16.1 Å². The van der Waals surface area contributed by atoms with Gasteiger partial charge in [-0.3, -0.25) is 9.89 Å².